The maximum atomic E-state index is 12.4. The second kappa shape index (κ2) is 7.84. The van der Waals surface area contributed by atoms with Gasteiger partial charge >= 0.3 is 6.09 Å². The highest BCUT2D eigenvalue weighted by molar-refractivity contribution is 7.17. The lowest BCUT2D eigenvalue weighted by Gasteiger charge is -2.19. The molecule has 7 heteroatoms. The lowest BCUT2D eigenvalue weighted by atomic mass is 9.94. The molecule has 0 aliphatic rings. The van der Waals surface area contributed by atoms with Gasteiger partial charge in [0.05, 0.1) is 7.11 Å². The third-order valence-electron chi connectivity index (χ3n) is 5.42. The molecule has 0 aliphatic heterocycles. The number of carbonyl (C=O) groups is 1. The summed E-state index contributed by atoms with van der Waals surface area (Å²) in [5.41, 5.74) is 3.63. The van der Waals surface area contributed by atoms with Crippen LogP contribution >= 0.6 is 11.3 Å². The summed E-state index contributed by atoms with van der Waals surface area (Å²) < 4.78 is 6.35. The first-order valence-corrected chi connectivity index (χ1v) is 10.4. The maximum absolute atomic E-state index is 12.4. The molecule has 1 amide bonds. The first-order valence-electron chi connectivity index (χ1n) is 9.55. The average Bonchev–Trinajstić information content (AvgIpc) is 3.23. The molecule has 0 aliphatic carbocycles. The number of likely N-dealkylation sites (N-methyl/N-ethyl adjacent to an activating group) is 1. The van der Waals surface area contributed by atoms with E-state index < -0.39 is 6.09 Å². The highest BCUT2D eigenvalue weighted by atomic mass is 32.1. The number of aromatic amines is 1. The molecular formula is C23H22N2O4S. The number of pyridine rings is 1. The number of hydrogen-bond acceptors (Lipinski definition) is 4. The monoisotopic (exact) mass is 422 g/mol. The Morgan fingerprint density at radius 2 is 1.93 bits per heavy atom. The van der Waals surface area contributed by atoms with Gasteiger partial charge in [0.2, 0.25) is 0 Å². The van der Waals surface area contributed by atoms with Crippen molar-refractivity contribution in [3.63, 3.8) is 0 Å². The van der Waals surface area contributed by atoms with Gasteiger partial charge in [0.1, 0.15) is 10.4 Å². The number of thiophene rings is 1. The standard InChI is InChI=1S/C23H22N2O4S/c1-13(12-25(2)23(27)28)14-4-6-15(7-5-14)19-18(29-3)9-8-17-20(19)16-10-11-30-21(16)22(26)24-17/h4-11,13H,12H2,1-3H3,(H,24,26)(H,27,28). The minimum Gasteiger partial charge on any atom is -0.496 e. The molecule has 0 fully saturated rings. The third-order valence-corrected chi connectivity index (χ3v) is 6.33. The van der Waals surface area contributed by atoms with E-state index in [1.807, 2.05) is 54.8 Å². The van der Waals surface area contributed by atoms with Crippen molar-refractivity contribution in [1.82, 2.24) is 9.88 Å². The van der Waals surface area contributed by atoms with Crippen LogP contribution in [0.4, 0.5) is 4.79 Å². The van der Waals surface area contributed by atoms with Crippen molar-refractivity contribution in [3.8, 4) is 16.9 Å². The normalized spacial score (nSPS) is 12.2. The van der Waals surface area contributed by atoms with Crippen LogP contribution in [0.2, 0.25) is 0 Å². The molecule has 0 saturated heterocycles. The largest absolute Gasteiger partial charge is 0.496 e. The number of methoxy groups -OCH3 is 1. The van der Waals surface area contributed by atoms with Crippen molar-refractivity contribution in [2.24, 2.45) is 0 Å². The molecule has 2 N–H and O–H groups in total. The first kappa shape index (κ1) is 20.0. The lowest BCUT2D eigenvalue weighted by Crippen LogP contribution is -2.28. The molecule has 30 heavy (non-hydrogen) atoms. The van der Waals surface area contributed by atoms with Crippen molar-refractivity contribution in [3.05, 3.63) is 63.8 Å². The fraction of sp³-hybridized carbons (Fsp3) is 0.217. The Kier molecular flexibility index (Phi) is 5.22. The van der Waals surface area contributed by atoms with Crippen LogP contribution < -0.4 is 10.3 Å². The van der Waals surface area contributed by atoms with Crippen molar-refractivity contribution < 1.29 is 14.6 Å². The molecule has 2 aromatic carbocycles. The molecule has 2 heterocycles. The third kappa shape index (κ3) is 3.41. The highest BCUT2D eigenvalue weighted by Crippen LogP contribution is 2.40. The van der Waals surface area contributed by atoms with Crippen LogP contribution in [-0.2, 0) is 0 Å². The number of carboxylic acid groups (broad SMARTS) is 1. The topological polar surface area (TPSA) is 82.6 Å². The first-order chi connectivity index (χ1) is 14.4. The molecule has 0 radical (unpaired) electrons. The zero-order chi connectivity index (χ0) is 21.4. The minimum absolute atomic E-state index is 0.0644. The number of fused-ring (bicyclic) bond motifs is 3. The second-order valence-electron chi connectivity index (χ2n) is 7.37. The van der Waals surface area contributed by atoms with Crippen molar-refractivity contribution >= 4 is 38.4 Å². The Bertz CT molecular complexity index is 1290. The van der Waals surface area contributed by atoms with Gasteiger partial charge in [-0.1, -0.05) is 31.2 Å². The van der Waals surface area contributed by atoms with E-state index in [2.05, 4.69) is 4.98 Å². The summed E-state index contributed by atoms with van der Waals surface area (Å²) in [4.78, 5) is 27.8. The summed E-state index contributed by atoms with van der Waals surface area (Å²) in [5, 5.41) is 12.9. The predicted octanol–water partition coefficient (Wildman–Crippen LogP) is 5.13. The van der Waals surface area contributed by atoms with Crippen LogP contribution in [0, 0.1) is 0 Å². The molecule has 4 aromatic rings. The van der Waals surface area contributed by atoms with Crippen LogP contribution in [0.3, 0.4) is 0 Å². The fourth-order valence-electron chi connectivity index (χ4n) is 3.86. The molecule has 0 saturated carbocycles. The van der Waals surface area contributed by atoms with E-state index in [1.54, 1.807) is 14.2 Å². The second-order valence-corrected chi connectivity index (χ2v) is 8.29. The van der Waals surface area contributed by atoms with Gasteiger partial charge in [0.15, 0.2) is 0 Å². The smallest absolute Gasteiger partial charge is 0.407 e. The average molecular weight is 423 g/mol. The Morgan fingerprint density at radius 3 is 2.60 bits per heavy atom. The Labute approximate surface area is 177 Å². The van der Waals surface area contributed by atoms with E-state index in [9.17, 15) is 9.59 Å². The number of nitrogens with one attached hydrogen (secondary N) is 1. The number of ether oxygens (including phenoxy) is 1. The Balaban J connectivity index is 1.84. The van der Waals surface area contributed by atoms with Gasteiger partial charge in [-0.15, -0.1) is 11.3 Å². The molecule has 4 rings (SSSR count). The van der Waals surface area contributed by atoms with Gasteiger partial charge in [-0.2, -0.15) is 0 Å². The lowest BCUT2D eigenvalue weighted by molar-refractivity contribution is 0.154. The molecule has 1 unspecified atom stereocenters. The van der Waals surface area contributed by atoms with E-state index in [0.29, 0.717) is 11.2 Å². The SMILES string of the molecule is COc1ccc2[nH]c(=O)c3sccc3c2c1-c1ccc(C(C)CN(C)C(=O)O)cc1. The number of rotatable bonds is 5. The van der Waals surface area contributed by atoms with E-state index in [1.165, 1.54) is 16.2 Å². The van der Waals surface area contributed by atoms with Crippen molar-refractivity contribution in [2.45, 2.75) is 12.8 Å². The molecular weight excluding hydrogens is 400 g/mol. The van der Waals surface area contributed by atoms with Gasteiger partial charge in [-0.05, 0) is 40.6 Å². The fourth-order valence-corrected chi connectivity index (χ4v) is 4.65. The van der Waals surface area contributed by atoms with Gasteiger partial charge < -0.3 is 19.7 Å². The van der Waals surface area contributed by atoms with Crippen molar-refractivity contribution in [1.29, 1.82) is 0 Å². The van der Waals surface area contributed by atoms with E-state index in [4.69, 9.17) is 9.84 Å². The summed E-state index contributed by atoms with van der Waals surface area (Å²) in [5.74, 6) is 0.794. The van der Waals surface area contributed by atoms with E-state index in [0.717, 1.165) is 38.7 Å². The van der Waals surface area contributed by atoms with Crippen LogP contribution in [0.15, 0.2) is 52.6 Å². The van der Waals surface area contributed by atoms with E-state index >= 15 is 0 Å². The summed E-state index contributed by atoms with van der Waals surface area (Å²) in [6, 6.07) is 13.8. The van der Waals surface area contributed by atoms with Crippen molar-refractivity contribution in [2.75, 3.05) is 20.7 Å². The molecule has 154 valence electrons. The quantitative estimate of drug-likeness (QED) is 0.467. The van der Waals surface area contributed by atoms with Crippen LogP contribution in [0.5, 0.6) is 5.75 Å². The number of amides is 1. The summed E-state index contributed by atoms with van der Waals surface area (Å²) >= 11 is 1.42. The molecule has 1 atom stereocenters. The zero-order valence-corrected chi connectivity index (χ0v) is 17.7. The molecule has 2 aromatic heterocycles. The number of hydrogen-bond donors (Lipinski definition) is 2. The zero-order valence-electron chi connectivity index (χ0n) is 16.9. The predicted molar refractivity (Wildman–Crippen MR) is 121 cm³/mol. The number of benzene rings is 2. The molecule has 0 spiro atoms. The summed E-state index contributed by atoms with van der Waals surface area (Å²) in [6.45, 7) is 2.43. The van der Waals surface area contributed by atoms with Crippen LogP contribution in [-0.4, -0.2) is 41.8 Å². The van der Waals surface area contributed by atoms with Gasteiger partial charge in [0.25, 0.3) is 5.56 Å². The van der Waals surface area contributed by atoms with Gasteiger partial charge in [-0.25, -0.2) is 4.79 Å². The molecule has 0 bridgehead atoms. The number of H-pyrrole nitrogens is 1. The number of nitrogens with zero attached hydrogens (tertiary/aromatic N) is 1. The Morgan fingerprint density at radius 1 is 1.20 bits per heavy atom. The van der Waals surface area contributed by atoms with Gasteiger partial charge in [-0.3, -0.25) is 4.79 Å². The number of aromatic nitrogens is 1. The van der Waals surface area contributed by atoms with Crippen LogP contribution in [0.1, 0.15) is 18.4 Å². The Hall–Kier alpha value is -3.32. The van der Waals surface area contributed by atoms with Gasteiger partial charge in [0, 0.05) is 35.4 Å². The molecule has 6 nitrogen and oxygen atoms in total. The summed E-state index contributed by atoms with van der Waals surface area (Å²) in [7, 11) is 3.21. The maximum Gasteiger partial charge on any atom is 0.407 e. The highest BCUT2D eigenvalue weighted by Gasteiger charge is 2.17. The summed E-state index contributed by atoms with van der Waals surface area (Å²) in [6.07, 6.45) is -0.937. The van der Waals surface area contributed by atoms with E-state index in [-0.39, 0.29) is 11.5 Å². The van der Waals surface area contributed by atoms with Crippen LogP contribution in [0.25, 0.3) is 32.1 Å². The minimum atomic E-state index is -0.937.